The highest BCUT2D eigenvalue weighted by Crippen LogP contribution is 2.59. The van der Waals surface area contributed by atoms with E-state index in [-0.39, 0.29) is 16.4 Å². The van der Waals surface area contributed by atoms with Crippen LogP contribution in [0.25, 0.3) is 0 Å². The van der Waals surface area contributed by atoms with Crippen LogP contribution < -0.4 is 5.32 Å². The third-order valence-corrected chi connectivity index (χ3v) is 6.10. The van der Waals surface area contributed by atoms with Crippen LogP contribution in [0.1, 0.15) is 38.5 Å². The van der Waals surface area contributed by atoms with E-state index >= 15 is 0 Å². The molecule has 4 bridgehead atoms. The summed E-state index contributed by atoms with van der Waals surface area (Å²) in [6.45, 7) is 2.73. The van der Waals surface area contributed by atoms with Crippen LogP contribution in [0.2, 0.25) is 0 Å². The molecule has 4 saturated carbocycles. The zero-order valence-electron chi connectivity index (χ0n) is 11.9. The predicted octanol–water partition coefficient (Wildman–Crippen LogP) is 2.36. The Morgan fingerprint density at radius 2 is 1.80 bits per heavy atom. The number of halogens is 1. The highest BCUT2D eigenvalue weighted by Gasteiger charge is 2.57. The minimum atomic E-state index is -0.0393. The molecule has 0 aromatic carbocycles. The fourth-order valence-electron chi connectivity index (χ4n) is 5.37. The Balaban J connectivity index is 1.49. The van der Waals surface area contributed by atoms with E-state index in [1.165, 1.54) is 6.42 Å². The van der Waals surface area contributed by atoms with Gasteiger partial charge in [0.25, 0.3) is 0 Å². The summed E-state index contributed by atoms with van der Waals surface area (Å²) in [7, 11) is 0. The van der Waals surface area contributed by atoms with Gasteiger partial charge in [-0.15, -0.1) is 11.6 Å². The molecule has 0 aromatic heterocycles. The van der Waals surface area contributed by atoms with Crippen molar-refractivity contribution in [1.29, 1.82) is 0 Å². The average molecular weight is 299 g/mol. The van der Waals surface area contributed by atoms with Crippen molar-refractivity contribution in [3.8, 4) is 0 Å². The molecule has 1 N–H and O–H groups in total. The quantitative estimate of drug-likeness (QED) is 0.755. The molecule has 0 unspecified atom stereocenters. The number of morpholine rings is 1. The molecular formula is C15H23ClN2O2. The summed E-state index contributed by atoms with van der Waals surface area (Å²) in [5, 5.41) is 3.37. The van der Waals surface area contributed by atoms with Crippen molar-refractivity contribution >= 4 is 17.6 Å². The molecule has 5 aliphatic rings. The van der Waals surface area contributed by atoms with E-state index in [1.807, 2.05) is 4.90 Å². The third kappa shape index (κ3) is 2.21. The van der Waals surface area contributed by atoms with E-state index in [2.05, 4.69) is 5.32 Å². The van der Waals surface area contributed by atoms with Gasteiger partial charge in [0.2, 0.25) is 0 Å². The summed E-state index contributed by atoms with van der Waals surface area (Å²) in [5.74, 6) is 1.44. The van der Waals surface area contributed by atoms with E-state index in [1.54, 1.807) is 0 Å². The molecule has 4 aliphatic carbocycles. The molecule has 1 aliphatic heterocycles. The lowest BCUT2D eigenvalue weighted by atomic mass is 9.52. The zero-order valence-corrected chi connectivity index (χ0v) is 12.6. The number of nitrogens with zero attached hydrogens (tertiary/aromatic N) is 1. The van der Waals surface area contributed by atoms with Gasteiger partial charge in [-0.25, -0.2) is 4.79 Å². The van der Waals surface area contributed by atoms with E-state index < -0.39 is 0 Å². The fraction of sp³-hybridized carbons (Fsp3) is 0.933. The Kier molecular flexibility index (Phi) is 2.97. The second kappa shape index (κ2) is 4.51. The first-order valence-electron chi connectivity index (χ1n) is 7.90. The molecule has 0 spiro atoms. The number of alkyl halides is 1. The molecule has 1 heterocycles. The second-order valence-corrected chi connectivity index (χ2v) is 8.22. The fourth-order valence-corrected chi connectivity index (χ4v) is 6.06. The van der Waals surface area contributed by atoms with Gasteiger partial charge in [-0.05, 0) is 50.4 Å². The summed E-state index contributed by atoms with van der Waals surface area (Å²) >= 11 is 6.80. The third-order valence-electron chi connectivity index (χ3n) is 5.66. The van der Waals surface area contributed by atoms with Crippen LogP contribution in [0, 0.1) is 11.8 Å². The summed E-state index contributed by atoms with van der Waals surface area (Å²) in [4.78, 5) is 14.4. The normalized spacial score (nSPS) is 46.5. The Morgan fingerprint density at radius 3 is 2.40 bits per heavy atom. The number of urea groups is 1. The molecule has 5 heteroatoms. The van der Waals surface area contributed by atoms with E-state index in [0.717, 1.165) is 43.9 Å². The molecule has 0 radical (unpaired) electrons. The summed E-state index contributed by atoms with van der Waals surface area (Å²) in [5.41, 5.74) is -0.0266. The van der Waals surface area contributed by atoms with Gasteiger partial charge in [-0.3, -0.25) is 0 Å². The van der Waals surface area contributed by atoms with Crippen molar-refractivity contribution in [2.45, 2.75) is 48.9 Å². The van der Waals surface area contributed by atoms with Crippen LogP contribution in [-0.2, 0) is 4.74 Å². The van der Waals surface area contributed by atoms with Crippen LogP contribution in [-0.4, -0.2) is 47.6 Å². The highest BCUT2D eigenvalue weighted by molar-refractivity contribution is 6.24. The molecule has 112 valence electrons. The van der Waals surface area contributed by atoms with Crippen molar-refractivity contribution in [2.75, 3.05) is 26.3 Å². The van der Waals surface area contributed by atoms with Crippen molar-refractivity contribution in [3.63, 3.8) is 0 Å². The SMILES string of the molecule is O=C(NC12C[C@@H]3C[C@H](CC(Cl)(C3)C1)C2)N1CCOCC1. The van der Waals surface area contributed by atoms with Crippen LogP contribution >= 0.6 is 11.6 Å². The topological polar surface area (TPSA) is 41.6 Å². The number of amides is 2. The molecule has 5 rings (SSSR count). The monoisotopic (exact) mass is 298 g/mol. The van der Waals surface area contributed by atoms with Gasteiger partial charge in [0.05, 0.1) is 13.2 Å². The van der Waals surface area contributed by atoms with Crippen molar-refractivity contribution in [1.82, 2.24) is 10.2 Å². The number of carbonyl (C=O) groups excluding carboxylic acids is 1. The van der Waals surface area contributed by atoms with E-state index in [0.29, 0.717) is 26.3 Å². The molecule has 0 aromatic rings. The maximum atomic E-state index is 12.5. The van der Waals surface area contributed by atoms with Gasteiger partial charge >= 0.3 is 6.03 Å². The number of ether oxygens (including phenoxy) is 1. The Hall–Kier alpha value is -0.480. The zero-order chi connectivity index (χ0) is 13.8. The Bertz CT molecular complexity index is 408. The second-order valence-electron chi connectivity index (χ2n) is 7.42. The van der Waals surface area contributed by atoms with Gasteiger partial charge in [-0.2, -0.15) is 0 Å². The summed E-state index contributed by atoms with van der Waals surface area (Å²) in [6, 6.07) is 0.0931. The maximum absolute atomic E-state index is 12.5. The number of hydrogen-bond donors (Lipinski definition) is 1. The summed E-state index contributed by atoms with van der Waals surface area (Å²) in [6.07, 6.45) is 6.86. The van der Waals surface area contributed by atoms with Crippen LogP contribution in [0.5, 0.6) is 0 Å². The van der Waals surface area contributed by atoms with Gasteiger partial charge in [0.1, 0.15) is 0 Å². The van der Waals surface area contributed by atoms with Crippen LogP contribution in [0.15, 0.2) is 0 Å². The minimum absolute atomic E-state index is 0.0266. The average Bonchev–Trinajstić information content (AvgIpc) is 2.36. The van der Waals surface area contributed by atoms with Gasteiger partial charge < -0.3 is 15.0 Å². The lowest BCUT2D eigenvalue weighted by molar-refractivity contribution is -0.00659. The maximum Gasteiger partial charge on any atom is 0.317 e. The van der Waals surface area contributed by atoms with Gasteiger partial charge in [-0.1, -0.05) is 0 Å². The van der Waals surface area contributed by atoms with E-state index in [4.69, 9.17) is 16.3 Å². The largest absolute Gasteiger partial charge is 0.378 e. The predicted molar refractivity (Wildman–Crippen MR) is 76.9 cm³/mol. The number of carbonyl (C=O) groups is 1. The molecular weight excluding hydrogens is 276 g/mol. The lowest BCUT2D eigenvalue weighted by Gasteiger charge is -2.60. The molecule has 1 saturated heterocycles. The standard InChI is InChI=1S/C15H23ClN2O2/c16-14-6-11-5-12(7-14)9-15(8-11,10-14)17-13(19)18-1-3-20-4-2-18/h11-12H,1-10H2,(H,17,19)/t11-,12-,14?,15?/m1/s1. The first-order chi connectivity index (χ1) is 9.56. The highest BCUT2D eigenvalue weighted by atomic mass is 35.5. The Morgan fingerprint density at radius 1 is 1.15 bits per heavy atom. The van der Waals surface area contributed by atoms with E-state index in [9.17, 15) is 4.79 Å². The van der Waals surface area contributed by atoms with Crippen LogP contribution in [0.3, 0.4) is 0 Å². The first kappa shape index (κ1) is 13.2. The minimum Gasteiger partial charge on any atom is -0.378 e. The van der Waals surface area contributed by atoms with Crippen molar-refractivity contribution < 1.29 is 9.53 Å². The number of rotatable bonds is 1. The smallest absolute Gasteiger partial charge is 0.317 e. The molecule has 2 amide bonds. The molecule has 20 heavy (non-hydrogen) atoms. The lowest BCUT2D eigenvalue weighted by Crippen LogP contribution is -2.65. The van der Waals surface area contributed by atoms with Gasteiger partial charge in [0, 0.05) is 23.5 Å². The molecule has 2 atom stereocenters. The Labute approximate surface area is 125 Å². The number of hydrogen-bond acceptors (Lipinski definition) is 2. The number of nitrogens with one attached hydrogen (secondary N) is 1. The van der Waals surface area contributed by atoms with Gasteiger partial charge in [0.15, 0.2) is 0 Å². The molecule has 4 nitrogen and oxygen atoms in total. The van der Waals surface area contributed by atoms with Crippen molar-refractivity contribution in [3.05, 3.63) is 0 Å². The first-order valence-corrected chi connectivity index (χ1v) is 8.28. The summed E-state index contributed by atoms with van der Waals surface area (Å²) < 4.78 is 5.32. The van der Waals surface area contributed by atoms with Crippen molar-refractivity contribution in [2.24, 2.45) is 11.8 Å². The van der Waals surface area contributed by atoms with Crippen LogP contribution in [0.4, 0.5) is 4.79 Å². The molecule has 5 fully saturated rings.